The van der Waals surface area contributed by atoms with Gasteiger partial charge in [-0.1, -0.05) is 6.07 Å². The Morgan fingerprint density at radius 3 is 2.62 bits per heavy atom. The number of aromatic nitrogens is 3. The zero-order valence-corrected chi connectivity index (χ0v) is 21.1. The minimum Gasteiger partial charge on any atom is -0.494 e. The Morgan fingerprint density at radius 1 is 1.08 bits per heavy atom. The average molecular weight is 501 g/mol. The smallest absolute Gasteiger partial charge is 0.207 e. The number of allylic oxidation sites excluding steroid dienone is 1. The lowest BCUT2D eigenvalue weighted by molar-refractivity contribution is -0.104. The molecule has 4 aromatic rings. The van der Waals surface area contributed by atoms with Gasteiger partial charge in [-0.15, -0.1) is 0 Å². The zero-order chi connectivity index (χ0) is 25.9. The normalized spacial score (nSPS) is 15.9. The molecule has 0 aliphatic carbocycles. The number of carbonyl (C=O) groups excluding carboxylic acids is 1. The van der Waals surface area contributed by atoms with E-state index in [1.165, 1.54) is 7.11 Å². The van der Waals surface area contributed by atoms with Crippen molar-refractivity contribution in [1.82, 2.24) is 19.3 Å². The van der Waals surface area contributed by atoms with Crippen LogP contribution < -0.4 is 9.47 Å². The highest BCUT2D eigenvalue weighted by Crippen LogP contribution is 2.37. The number of rotatable bonds is 7. The van der Waals surface area contributed by atoms with E-state index < -0.39 is 5.82 Å². The Kier molecular flexibility index (Phi) is 6.90. The maximum atomic E-state index is 14.6. The van der Waals surface area contributed by atoms with Crippen LogP contribution >= 0.6 is 0 Å². The molecule has 1 saturated heterocycles. The van der Waals surface area contributed by atoms with Crippen LogP contribution in [0.3, 0.4) is 0 Å². The number of carbonyl (C=O) groups is 1. The van der Waals surface area contributed by atoms with Gasteiger partial charge in [0, 0.05) is 30.2 Å². The van der Waals surface area contributed by atoms with E-state index in [-0.39, 0.29) is 17.5 Å². The van der Waals surface area contributed by atoms with Crippen LogP contribution in [0.5, 0.6) is 17.2 Å². The van der Waals surface area contributed by atoms with Crippen LogP contribution in [0.2, 0.25) is 0 Å². The summed E-state index contributed by atoms with van der Waals surface area (Å²) >= 11 is 0. The lowest BCUT2D eigenvalue weighted by Crippen LogP contribution is -2.30. The summed E-state index contributed by atoms with van der Waals surface area (Å²) in [5.41, 5.74) is 4.56. The standard InChI is InChI=1S/C29H29FN4O3/c1-19-18-31-20(2)28-27(32-29(34(19)28)23-8-4-5-15-33(23)16-7-17-35)21-11-13-22(14-12-21)37-25-10-6-9-24(36-3)26(25)30/h6-7,9-14,16-18,23H,4-5,8,15H2,1-3H3. The predicted molar refractivity (Wildman–Crippen MR) is 139 cm³/mol. The number of nitrogens with zero attached hydrogens (tertiary/aromatic N) is 4. The largest absolute Gasteiger partial charge is 0.494 e. The number of hydrogen-bond acceptors (Lipinski definition) is 6. The molecule has 0 radical (unpaired) electrons. The Bertz CT molecular complexity index is 1460. The molecule has 0 saturated carbocycles. The van der Waals surface area contributed by atoms with Crippen LogP contribution in [0.4, 0.5) is 4.39 Å². The minimum atomic E-state index is -0.545. The second-order valence-corrected chi connectivity index (χ2v) is 9.11. The van der Waals surface area contributed by atoms with E-state index in [9.17, 15) is 9.18 Å². The van der Waals surface area contributed by atoms with E-state index in [1.54, 1.807) is 36.4 Å². The molecule has 1 atom stereocenters. The summed E-state index contributed by atoms with van der Waals surface area (Å²) in [7, 11) is 1.42. The van der Waals surface area contributed by atoms with Gasteiger partial charge in [0.25, 0.3) is 0 Å². The first-order valence-corrected chi connectivity index (χ1v) is 12.3. The van der Waals surface area contributed by atoms with Crippen molar-refractivity contribution in [2.45, 2.75) is 39.2 Å². The maximum absolute atomic E-state index is 14.6. The van der Waals surface area contributed by atoms with Gasteiger partial charge in [0.05, 0.1) is 30.1 Å². The summed E-state index contributed by atoms with van der Waals surface area (Å²) in [5.74, 6) is 1.12. The number of methoxy groups -OCH3 is 1. The van der Waals surface area contributed by atoms with Crippen molar-refractivity contribution in [3.05, 3.63) is 84.0 Å². The molecule has 190 valence electrons. The monoisotopic (exact) mass is 500 g/mol. The van der Waals surface area contributed by atoms with Gasteiger partial charge in [-0.2, -0.15) is 4.39 Å². The molecule has 0 spiro atoms. The lowest BCUT2D eigenvalue weighted by Gasteiger charge is -2.34. The van der Waals surface area contributed by atoms with Crippen LogP contribution in [0.15, 0.2) is 60.9 Å². The molecular formula is C29H29FN4O3. The van der Waals surface area contributed by atoms with Crippen LogP contribution in [0.1, 0.15) is 42.5 Å². The molecule has 1 unspecified atom stereocenters. The summed E-state index contributed by atoms with van der Waals surface area (Å²) in [5, 5.41) is 0. The maximum Gasteiger partial charge on any atom is 0.207 e. The van der Waals surface area contributed by atoms with Gasteiger partial charge in [0.15, 0.2) is 11.5 Å². The number of fused-ring (bicyclic) bond motifs is 1. The van der Waals surface area contributed by atoms with Gasteiger partial charge >= 0.3 is 0 Å². The zero-order valence-electron chi connectivity index (χ0n) is 21.1. The third-order valence-electron chi connectivity index (χ3n) is 6.75. The fraction of sp³-hybridized carbons (Fsp3) is 0.276. The molecule has 0 bridgehead atoms. The van der Waals surface area contributed by atoms with Gasteiger partial charge < -0.3 is 14.4 Å². The summed E-state index contributed by atoms with van der Waals surface area (Å²) in [6.07, 6.45) is 9.19. The molecule has 2 aromatic carbocycles. The minimum absolute atomic E-state index is 0.0466. The third kappa shape index (κ3) is 4.67. The number of piperidine rings is 1. The molecule has 7 nitrogen and oxygen atoms in total. The van der Waals surface area contributed by atoms with Gasteiger partial charge in [0.2, 0.25) is 5.82 Å². The van der Waals surface area contributed by atoms with Gasteiger partial charge in [-0.05, 0) is 75.6 Å². The Labute approximate surface area is 215 Å². The molecule has 3 heterocycles. The van der Waals surface area contributed by atoms with Crippen LogP contribution in [-0.2, 0) is 4.79 Å². The SMILES string of the molecule is COc1cccc(Oc2ccc(-c3nc(C4CCCCN4C=CC=O)n4c(C)cnc(C)c34)cc2)c1F. The first kappa shape index (κ1) is 24.5. The summed E-state index contributed by atoms with van der Waals surface area (Å²) < 4.78 is 27.6. The Hall–Kier alpha value is -4.20. The number of likely N-dealkylation sites (tertiary alicyclic amines) is 1. The number of aryl methyl sites for hydroxylation is 2. The molecule has 1 aliphatic heterocycles. The van der Waals surface area contributed by atoms with Gasteiger partial charge in [-0.3, -0.25) is 14.2 Å². The molecular weight excluding hydrogens is 471 g/mol. The topological polar surface area (TPSA) is 69.0 Å². The van der Waals surface area contributed by atoms with E-state index in [1.807, 2.05) is 38.4 Å². The van der Waals surface area contributed by atoms with E-state index in [0.29, 0.717) is 5.75 Å². The highest BCUT2D eigenvalue weighted by Gasteiger charge is 2.28. The molecule has 8 heteroatoms. The fourth-order valence-corrected chi connectivity index (χ4v) is 4.95. The van der Waals surface area contributed by atoms with Crippen molar-refractivity contribution < 1.29 is 18.7 Å². The molecule has 1 fully saturated rings. The van der Waals surface area contributed by atoms with E-state index in [0.717, 1.165) is 66.1 Å². The number of ether oxygens (including phenoxy) is 2. The molecule has 0 amide bonds. The molecule has 1 aliphatic rings. The van der Waals surface area contributed by atoms with Crippen molar-refractivity contribution >= 4 is 11.8 Å². The first-order chi connectivity index (χ1) is 18.0. The van der Waals surface area contributed by atoms with Gasteiger partial charge in [0.1, 0.15) is 17.9 Å². The number of benzene rings is 2. The van der Waals surface area contributed by atoms with E-state index in [4.69, 9.17) is 14.5 Å². The van der Waals surface area contributed by atoms with E-state index >= 15 is 0 Å². The summed E-state index contributed by atoms with van der Waals surface area (Å²) in [6, 6.07) is 12.3. The summed E-state index contributed by atoms with van der Waals surface area (Å²) in [6.45, 7) is 4.88. The fourth-order valence-electron chi connectivity index (χ4n) is 4.95. The number of aldehydes is 1. The van der Waals surface area contributed by atoms with Gasteiger partial charge in [-0.25, -0.2) is 4.98 Å². The molecule has 37 heavy (non-hydrogen) atoms. The highest BCUT2D eigenvalue weighted by molar-refractivity contribution is 5.80. The summed E-state index contributed by atoms with van der Waals surface area (Å²) in [4.78, 5) is 23.0. The third-order valence-corrected chi connectivity index (χ3v) is 6.75. The quantitative estimate of drug-likeness (QED) is 0.223. The first-order valence-electron chi connectivity index (χ1n) is 12.3. The van der Waals surface area contributed by atoms with Crippen molar-refractivity contribution in [2.24, 2.45) is 0 Å². The average Bonchev–Trinajstić information content (AvgIpc) is 3.33. The predicted octanol–water partition coefficient (Wildman–Crippen LogP) is 6.19. The number of hydrogen-bond donors (Lipinski definition) is 0. The van der Waals surface area contributed by atoms with Crippen LogP contribution in [0.25, 0.3) is 16.8 Å². The molecule has 0 N–H and O–H groups in total. The second kappa shape index (κ2) is 10.4. The second-order valence-electron chi connectivity index (χ2n) is 9.11. The van der Waals surface area contributed by atoms with Crippen LogP contribution in [0, 0.1) is 19.7 Å². The lowest BCUT2D eigenvalue weighted by atomic mass is 10.0. The van der Waals surface area contributed by atoms with E-state index in [2.05, 4.69) is 14.3 Å². The van der Waals surface area contributed by atoms with Crippen molar-refractivity contribution in [1.29, 1.82) is 0 Å². The number of halogens is 1. The van der Waals surface area contributed by atoms with Crippen molar-refractivity contribution in [3.63, 3.8) is 0 Å². The Balaban J connectivity index is 1.55. The molecule has 2 aromatic heterocycles. The molecule has 5 rings (SSSR count). The van der Waals surface area contributed by atoms with Crippen molar-refractivity contribution in [2.75, 3.05) is 13.7 Å². The van der Waals surface area contributed by atoms with Crippen LogP contribution in [-0.4, -0.2) is 39.2 Å². The number of imidazole rings is 1. The van der Waals surface area contributed by atoms with Crippen molar-refractivity contribution in [3.8, 4) is 28.5 Å². The Morgan fingerprint density at radius 2 is 1.86 bits per heavy atom. The highest BCUT2D eigenvalue weighted by atomic mass is 19.1.